The van der Waals surface area contributed by atoms with E-state index in [0.29, 0.717) is 6.54 Å². The van der Waals surface area contributed by atoms with Crippen LogP contribution in [0.1, 0.15) is 26.7 Å². The predicted octanol–water partition coefficient (Wildman–Crippen LogP) is 0.253. The molecule has 12 heavy (non-hydrogen) atoms. The minimum absolute atomic E-state index is 0.111. The summed E-state index contributed by atoms with van der Waals surface area (Å²) in [4.78, 5) is 11.1. The van der Waals surface area contributed by atoms with Crippen molar-refractivity contribution in [2.24, 2.45) is 5.73 Å². The molecule has 0 aliphatic carbocycles. The van der Waals surface area contributed by atoms with Gasteiger partial charge in [0, 0.05) is 0 Å². The molecule has 0 fully saturated rings. The first-order valence-corrected chi connectivity index (χ1v) is 4.15. The van der Waals surface area contributed by atoms with Crippen LogP contribution in [0.4, 0.5) is 0 Å². The smallest absolute Gasteiger partial charge is 0.237 e. The zero-order valence-corrected chi connectivity index (χ0v) is 7.68. The molecule has 0 aromatic rings. The standard InChI is InChI=1S/C9H16N2O/c1-3-5-7-11-9(12)8(10)6-4-2/h8H,4,6-7,10H2,1-2H3,(H,11,12)/t8-/m0/s1. The number of hydrogen-bond donors (Lipinski definition) is 2. The van der Waals surface area contributed by atoms with Crippen molar-refractivity contribution in [2.75, 3.05) is 6.54 Å². The number of hydrogen-bond acceptors (Lipinski definition) is 2. The highest BCUT2D eigenvalue weighted by molar-refractivity contribution is 5.81. The van der Waals surface area contributed by atoms with E-state index in [1.54, 1.807) is 6.92 Å². The third kappa shape index (κ3) is 4.75. The molecule has 0 bridgehead atoms. The molecule has 0 heterocycles. The van der Waals surface area contributed by atoms with Crippen LogP contribution in [-0.4, -0.2) is 18.5 Å². The van der Waals surface area contributed by atoms with Crippen molar-refractivity contribution < 1.29 is 4.79 Å². The molecule has 0 aliphatic heterocycles. The third-order valence-electron chi connectivity index (χ3n) is 1.46. The highest BCUT2D eigenvalue weighted by Crippen LogP contribution is 1.91. The summed E-state index contributed by atoms with van der Waals surface area (Å²) in [6.45, 7) is 4.13. The number of nitrogens with two attached hydrogens (primary N) is 1. The van der Waals surface area contributed by atoms with Gasteiger partial charge >= 0.3 is 0 Å². The fraction of sp³-hybridized carbons (Fsp3) is 0.667. The zero-order chi connectivity index (χ0) is 9.40. The Morgan fingerprint density at radius 1 is 1.67 bits per heavy atom. The average Bonchev–Trinajstić information content (AvgIpc) is 2.05. The maximum Gasteiger partial charge on any atom is 0.237 e. The van der Waals surface area contributed by atoms with Gasteiger partial charge in [0.15, 0.2) is 0 Å². The first kappa shape index (κ1) is 11.0. The van der Waals surface area contributed by atoms with Gasteiger partial charge in [-0.25, -0.2) is 0 Å². The Morgan fingerprint density at radius 3 is 2.83 bits per heavy atom. The van der Waals surface area contributed by atoms with Crippen LogP contribution in [-0.2, 0) is 4.79 Å². The fourth-order valence-electron chi connectivity index (χ4n) is 0.793. The fourth-order valence-corrected chi connectivity index (χ4v) is 0.793. The lowest BCUT2D eigenvalue weighted by molar-refractivity contribution is -0.122. The molecule has 0 saturated heterocycles. The van der Waals surface area contributed by atoms with Crippen molar-refractivity contribution in [1.29, 1.82) is 0 Å². The second-order valence-corrected chi connectivity index (χ2v) is 2.54. The molecule has 3 N–H and O–H groups in total. The van der Waals surface area contributed by atoms with Crippen molar-refractivity contribution in [1.82, 2.24) is 5.32 Å². The Morgan fingerprint density at radius 2 is 2.33 bits per heavy atom. The molecule has 3 heteroatoms. The van der Waals surface area contributed by atoms with E-state index in [9.17, 15) is 4.79 Å². The monoisotopic (exact) mass is 168 g/mol. The Labute approximate surface area is 73.7 Å². The molecular weight excluding hydrogens is 152 g/mol. The quantitative estimate of drug-likeness (QED) is 0.591. The second-order valence-electron chi connectivity index (χ2n) is 2.54. The number of rotatable bonds is 4. The maximum absolute atomic E-state index is 11.1. The van der Waals surface area contributed by atoms with Gasteiger partial charge in [-0.1, -0.05) is 19.3 Å². The minimum Gasteiger partial charge on any atom is -0.344 e. The lowest BCUT2D eigenvalue weighted by atomic mass is 10.2. The maximum atomic E-state index is 11.1. The van der Waals surface area contributed by atoms with Crippen LogP contribution >= 0.6 is 0 Å². The number of amides is 1. The first-order chi connectivity index (χ1) is 5.72. The van der Waals surface area contributed by atoms with E-state index < -0.39 is 0 Å². The van der Waals surface area contributed by atoms with E-state index in [0.717, 1.165) is 12.8 Å². The van der Waals surface area contributed by atoms with Crippen LogP contribution in [0, 0.1) is 11.8 Å². The SMILES string of the molecule is CC#CCNC(=O)[C@@H](N)CCC. The summed E-state index contributed by atoms with van der Waals surface area (Å²) >= 11 is 0. The first-order valence-electron chi connectivity index (χ1n) is 4.15. The van der Waals surface area contributed by atoms with Gasteiger partial charge in [0.1, 0.15) is 0 Å². The van der Waals surface area contributed by atoms with E-state index in [-0.39, 0.29) is 11.9 Å². The lowest BCUT2D eigenvalue weighted by Crippen LogP contribution is -2.40. The highest BCUT2D eigenvalue weighted by atomic mass is 16.2. The van der Waals surface area contributed by atoms with Gasteiger partial charge in [-0.2, -0.15) is 0 Å². The molecule has 0 saturated carbocycles. The van der Waals surface area contributed by atoms with Crippen LogP contribution < -0.4 is 11.1 Å². The Kier molecular flexibility index (Phi) is 6.12. The number of carbonyl (C=O) groups excluding carboxylic acids is 1. The summed E-state index contributed by atoms with van der Waals surface area (Å²) in [5.41, 5.74) is 5.55. The molecular formula is C9H16N2O. The third-order valence-corrected chi connectivity index (χ3v) is 1.46. The molecule has 0 spiro atoms. The Hall–Kier alpha value is -1.01. The molecule has 0 radical (unpaired) electrons. The lowest BCUT2D eigenvalue weighted by Gasteiger charge is -2.08. The summed E-state index contributed by atoms with van der Waals surface area (Å²) in [7, 11) is 0. The van der Waals surface area contributed by atoms with Crippen LogP contribution in [0.2, 0.25) is 0 Å². The minimum atomic E-state index is -0.381. The molecule has 1 amide bonds. The van der Waals surface area contributed by atoms with Gasteiger partial charge < -0.3 is 11.1 Å². The van der Waals surface area contributed by atoms with Gasteiger partial charge in [0.2, 0.25) is 5.91 Å². The van der Waals surface area contributed by atoms with Crippen LogP contribution in [0.15, 0.2) is 0 Å². The summed E-state index contributed by atoms with van der Waals surface area (Å²) in [6.07, 6.45) is 1.65. The van der Waals surface area contributed by atoms with Crippen LogP contribution in [0.25, 0.3) is 0 Å². The summed E-state index contributed by atoms with van der Waals surface area (Å²) < 4.78 is 0. The van der Waals surface area contributed by atoms with E-state index in [4.69, 9.17) is 5.73 Å². The number of nitrogens with one attached hydrogen (secondary N) is 1. The van der Waals surface area contributed by atoms with Crippen LogP contribution in [0.5, 0.6) is 0 Å². The molecule has 0 aliphatic rings. The van der Waals surface area contributed by atoms with E-state index >= 15 is 0 Å². The van der Waals surface area contributed by atoms with Gasteiger partial charge in [0.25, 0.3) is 0 Å². The Balaban J connectivity index is 3.61. The normalized spacial score (nSPS) is 11.2. The predicted molar refractivity (Wildman–Crippen MR) is 49.3 cm³/mol. The van der Waals surface area contributed by atoms with Crippen molar-refractivity contribution >= 4 is 5.91 Å². The largest absolute Gasteiger partial charge is 0.344 e. The van der Waals surface area contributed by atoms with Gasteiger partial charge in [-0.05, 0) is 13.3 Å². The molecule has 0 aromatic heterocycles. The molecule has 0 aromatic carbocycles. The highest BCUT2D eigenvalue weighted by Gasteiger charge is 2.09. The van der Waals surface area contributed by atoms with E-state index in [2.05, 4.69) is 17.2 Å². The summed E-state index contributed by atoms with van der Waals surface area (Å²) in [5, 5.41) is 2.63. The van der Waals surface area contributed by atoms with Crippen molar-refractivity contribution in [3.05, 3.63) is 0 Å². The van der Waals surface area contributed by atoms with E-state index in [1.807, 2.05) is 6.92 Å². The molecule has 1 atom stereocenters. The van der Waals surface area contributed by atoms with E-state index in [1.165, 1.54) is 0 Å². The summed E-state index contributed by atoms with van der Waals surface area (Å²) in [5.74, 6) is 5.32. The molecule has 3 nitrogen and oxygen atoms in total. The molecule has 0 rings (SSSR count). The van der Waals surface area contributed by atoms with Crippen LogP contribution in [0.3, 0.4) is 0 Å². The Bertz CT molecular complexity index is 190. The average molecular weight is 168 g/mol. The zero-order valence-electron chi connectivity index (χ0n) is 7.68. The van der Waals surface area contributed by atoms with Gasteiger partial charge in [-0.15, -0.1) is 5.92 Å². The van der Waals surface area contributed by atoms with Crippen molar-refractivity contribution in [3.8, 4) is 11.8 Å². The van der Waals surface area contributed by atoms with Crippen molar-refractivity contribution in [2.45, 2.75) is 32.7 Å². The second kappa shape index (κ2) is 6.68. The van der Waals surface area contributed by atoms with Crippen molar-refractivity contribution in [3.63, 3.8) is 0 Å². The van der Waals surface area contributed by atoms with Gasteiger partial charge in [0.05, 0.1) is 12.6 Å². The molecule has 68 valence electrons. The van der Waals surface area contributed by atoms with Gasteiger partial charge in [-0.3, -0.25) is 4.79 Å². The summed E-state index contributed by atoms with van der Waals surface area (Å²) in [6, 6.07) is -0.381. The topological polar surface area (TPSA) is 55.1 Å². The molecule has 0 unspecified atom stereocenters. The number of carbonyl (C=O) groups is 1.